The Balaban J connectivity index is 1.96. The van der Waals surface area contributed by atoms with E-state index in [0.29, 0.717) is 0 Å². The highest BCUT2D eigenvalue weighted by atomic mass is 79.9. The van der Waals surface area contributed by atoms with E-state index in [2.05, 4.69) is 20.9 Å². The van der Waals surface area contributed by atoms with Crippen LogP contribution < -0.4 is 16.0 Å². The summed E-state index contributed by atoms with van der Waals surface area (Å²) in [4.78, 5) is 29.5. The molecule has 0 aliphatic rings. The molecule has 0 saturated heterocycles. The van der Waals surface area contributed by atoms with E-state index in [1.54, 1.807) is 10.6 Å². The van der Waals surface area contributed by atoms with Gasteiger partial charge >= 0.3 is 11.7 Å². The van der Waals surface area contributed by atoms with Crippen LogP contribution in [0.2, 0.25) is 0 Å². The zero-order valence-corrected chi connectivity index (χ0v) is 17.2. The number of hydrogen-bond acceptors (Lipinski definition) is 4. The lowest BCUT2D eigenvalue weighted by Crippen LogP contribution is -2.37. The molecular weight excluding hydrogens is 443 g/mol. The minimum Gasteiger partial charge on any atom is -0.425 e. The van der Waals surface area contributed by atoms with Crippen molar-refractivity contribution >= 4 is 27.1 Å². The Morgan fingerprint density at radius 3 is 2.55 bits per heavy atom. The van der Waals surface area contributed by atoms with Gasteiger partial charge in [-0.25, -0.2) is 9.18 Å². The molecule has 0 fully saturated rings. The molecule has 4 rings (SSSR count). The number of benzene rings is 2. The van der Waals surface area contributed by atoms with Crippen molar-refractivity contribution in [1.82, 2.24) is 18.7 Å². The maximum absolute atomic E-state index is 13.6. The Bertz CT molecular complexity index is 1360. The van der Waals surface area contributed by atoms with E-state index in [4.69, 9.17) is 4.74 Å². The van der Waals surface area contributed by atoms with Crippen LogP contribution in [-0.2, 0) is 20.6 Å². The summed E-state index contributed by atoms with van der Waals surface area (Å²) in [6, 6.07) is 13.3. The second kappa shape index (κ2) is 7.32. The lowest BCUT2D eigenvalue weighted by atomic mass is 10.2. The molecule has 0 bridgehead atoms. The summed E-state index contributed by atoms with van der Waals surface area (Å²) >= 11 is 3.43. The van der Waals surface area contributed by atoms with Crippen LogP contribution in [0.3, 0.4) is 0 Å². The van der Waals surface area contributed by atoms with Crippen molar-refractivity contribution in [3.63, 3.8) is 0 Å². The maximum Gasteiger partial charge on any atom is 0.332 e. The van der Waals surface area contributed by atoms with Gasteiger partial charge in [-0.2, -0.15) is 4.98 Å². The smallest absolute Gasteiger partial charge is 0.332 e. The van der Waals surface area contributed by atoms with Gasteiger partial charge in [-0.3, -0.25) is 18.5 Å². The molecule has 0 aliphatic heterocycles. The molecular formula is C20H16BrFN4O3. The topological polar surface area (TPSA) is 71.1 Å². The zero-order chi connectivity index (χ0) is 20.7. The fourth-order valence-electron chi connectivity index (χ4n) is 3.10. The summed E-state index contributed by atoms with van der Waals surface area (Å²) < 4.78 is 24.2. The molecule has 0 spiro atoms. The molecule has 9 heteroatoms. The van der Waals surface area contributed by atoms with Crippen molar-refractivity contribution < 1.29 is 9.13 Å². The average Bonchev–Trinajstić information content (AvgIpc) is 3.03. The summed E-state index contributed by atoms with van der Waals surface area (Å²) in [5.41, 5.74) is 0.325. The molecule has 0 unspecified atom stereocenters. The highest BCUT2D eigenvalue weighted by Gasteiger charge is 2.21. The van der Waals surface area contributed by atoms with Gasteiger partial charge in [-0.1, -0.05) is 34.1 Å². The molecule has 2 aromatic heterocycles. The first-order valence-electron chi connectivity index (χ1n) is 8.69. The summed E-state index contributed by atoms with van der Waals surface area (Å²) in [5, 5.41) is 0. The van der Waals surface area contributed by atoms with Gasteiger partial charge < -0.3 is 4.74 Å². The van der Waals surface area contributed by atoms with E-state index in [1.165, 1.54) is 36.9 Å². The van der Waals surface area contributed by atoms with Crippen LogP contribution in [0.5, 0.6) is 11.8 Å². The van der Waals surface area contributed by atoms with Crippen LogP contribution in [0.15, 0.2) is 62.6 Å². The normalized spacial score (nSPS) is 11.2. The highest BCUT2D eigenvalue weighted by molar-refractivity contribution is 9.10. The summed E-state index contributed by atoms with van der Waals surface area (Å²) in [6.07, 6.45) is 0. The van der Waals surface area contributed by atoms with E-state index in [9.17, 15) is 14.0 Å². The molecule has 0 amide bonds. The third kappa shape index (κ3) is 3.49. The second-order valence-corrected chi connectivity index (χ2v) is 7.46. The Morgan fingerprint density at radius 1 is 1.07 bits per heavy atom. The number of fused-ring (bicyclic) bond motifs is 1. The van der Waals surface area contributed by atoms with E-state index in [-0.39, 0.29) is 29.5 Å². The fraction of sp³-hybridized carbons (Fsp3) is 0.150. The number of rotatable bonds is 4. The Labute approximate surface area is 172 Å². The molecule has 0 atom stereocenters. The predicted octanol–water partition coefficient (Wildman–Crippen LogP) is 3.18. The molecule has 2 heterocycles. The molecule has 0 saturated carbocycles. The first kappa shape index (κ1) is 19.1. The van der Waals surface area contributed by atoms with Gasteiger partial charge in [0.25, 0.3) is 5.56 Å². The standard InChI is InChI=1S/C20H16BrFN4O3/c1-24-17-16(18(27)25(2)20(24)28)26(11-12-5-3-6-13(21)9-12)19(23-17)29-15-8-4-7-14(22)10-15/h3-10H,11H2,1-2H3. The van der Waals surface area contributed by atoms with Gasteiger partial charge in [-0.05, 0) is 29.8 Å². The highest BCUT2D eigenvalue weighted by Crippen LogP contribution is 2.26. The monoisotopic (exact) mass is 458 g/mol. The molecule has 7 nitrogen and oxygen atoms in total. The quantitative estimate of drug-likeness (QED) is 0.470. The first-order valence-corrected chi connectivity index (χ1v) is 9.48. The largest absolute Gasteiger partial charge is 0.425 e. The molecule has 29 heavy (non-hydrogen) atoms. The number of imidazole rings is 1. The van der Waals surface area contributed by atoms with Crippen LogP contribution in [0.25, 0.3) is 11.2 Å². The molecule has 0 aliphatic carbocycles. The van der Waals surface area contributed by atoms with Gasteiger partial charge in [0.1, 0.15) is 11.6 Å². The number of aryl methyl sites for hydroxylation is 1. The number of aromatic nitrogens is 4. The lowest BCUT2D eigenvalue weighted by molar-refractivity contribution is 0.418. The molecule has 148 valence electrons. The number of hydrogen-bond donors (Lipinski definition) is 0. The third-order valence-corrected chi connectivity index (χ3v) is 5.04. The zero-order valence-electron chi connectivity index (χ0n) is 15.6. The Hall–Kier alpha value is -3.20. The first-order chi connectivity index (χ1) is 13.8. The average molecular weight is 459 g/mol. The van der Waals surface area contributed by atoms with Crippen LogP contribution in [-0.4, -0.2) is 18.7 Å². The number of ether oxygens (including phenoxy) is 1. The van der Waals surface area contributed by atoms with Gasteiger partial charge in [0, 0.05) is 24.6 Å². The minimum atomic E-state index is -0.494. The van der Waals surface area contributed by atoms with Gasteiger partial charge in [0.15, 0.2) is 11.2 Å². The third-order valence-electron chi connectivity index (χ3n) is 4.55. The summed E-state index contributed by atoms with van der Waals surface area (Å²) in [5.74, 6) is -0.224. The van der Waals surface area contributed by atoms with Crippen molar-refractivity contribution in [2.45, 2.75) is 6.54 Å². The number of halogens is 2. The van der Waals surface area contributed by atoms with E-state index >= 15 is 0 Å². The SMILES string of the molecule is Cn1c(=O)c2c(nc(Oc3cccc(F)c3)n2Cc2cccc(Br)c2)n(C)c1=O. The molecule has 0 N–H and O–H groups in total. The van der Waals surface area contributed by atoms with Crippen LogP contribution in [0.1, 0.15) is 5.56 Å². The van der Waals surface area contributed by atoms with Crippen LogP contribution in [0, 0.1) is 5.82 Å². The molecule has 4 aromatic rings. The summed E-state index contributed by atoms with van der Waals surface area (Å²) in [6.45, 7) is 0.272. The molecule has 0 radical (unpaired) electrons. The van der Waals surface area contributed by atoms with Crippen molar-refractivity contribution in [2.75, 3.05) is 0 Å². The van der Waals surface area contributed by atoms with E-state index < -0.39 is 17.1 Å². The summed E-state index contributed by atoms with van der Waals surface area (Å²) in [7, 11) is 2.94. The van der Waals surface area contributed by atoms with Gasteiger partial charge in [-0.15, -0.1) is 0 Å². The predicted molar refractivity (Wildman–Crippen MR) is 110 cm³/mol. The van der Waals surface area contributed by atoms with Crippen molar-refractivity contribution in [3.05, 3.63) is 85.2 Å². The van der Waals surface area contributed by atoms with Crippen molar-refractivity contribution in [2.24, 2.45) is 14.1 Å². The van der Waals surface area contributed by atoms with E-state index in [1.807, 2.05) is 24.3 Å². The van der Waals surface area contributed by atoms with Crippen LogP contribution >= 0.6 is 15.9 Å². The lowest BCUT2D eigenvalue weighted by Gasteiger charge is -2.10. The van der Waals surface area contributed by atoms with Crippen LogP contribution in [0.4, 0.5) is 4.39 Å². The molecule has 2 aromatic carbocycles. The Kier molecular flexibility index (Phi) is 4.83. The second-order valence-electron chi connectivity index (χ2n) is 6.55. The van der Waals surface area contributed by atoms with Crippen molar-refractivity contribution in [3.8, 4) is 11.8 Å². The van der Waals surface area contributed by atoms with E-state index in [0.717, 1.165) is 14.6 Å². The maximum atomic E-state index is 13.6. The fourth-order valence-corrected chi connectivity index (χ4v) is 3.55. The number of nitrogens with zero attached hydrogens (tertiary/aromatic N) is 4. The van der Waals surface area contributed by atoms with Gasteiger partial charge in [0.05, 0.1) is 6.54 Å². The van der Waals surface area contributed by atoms with Crippen molar-refractivity contribution in [1.29, 1.82) is 0 Å². The minimum absolute atomic E-state index is 0.0869. The Morgan fingerprint density at radius 2 is 1.83 bits per heavy atom. The van der Waals surface area contributed by atoms with Gasteiger partial charge in [0.2, 0.25) is 0 Å².